The molecular formula is C15H17N3O. The van der Waals surface area contributed by atoms with Crippen LogP contribution in [0.1, 0.15) is 36.1 Å². The van der Waals surface area contributed by atoms with Gasteiger partial charge in [0.25, 0.3) is 0 Å². The van der Waals surface area contributed by atoms with Gasteiger partial charge in [0.1, 0.15) is 17.5 Å². The molecule has 2 heterocycles. The number of nitrogens with zero attached hydrogens (tertiary/aromatic N) is 3. The maximum absolute atomic E-state index is 10.4. The van der Waals surface area contributed by atoms with E-state index in [4.69, 9.17) is 0 Å². The van der Waals surface area contributed by atoms with Crippen LogP contribution in [0, 0.1) is 17.2 Å². The normalized spacial score (nSPS) is 23.7. The topological polar surface area (TPSA) is 60.2 Å². The Bertz CT molecular complexity index is 580. The number of aromatic nitrogens is 1. The van der Waals surface area contributed by atoms with Gasteiger partial charge in [0.15, 0.2) is 0 Å². The van der Waals surface area contributed by atoms with Crippen LogP contribution in [0.25, 0.3) is 0 Å². The van der Waals surface area contributed by atoms with Crippen molar-refractivity contribution in [3.63, 3.8) is 0 Å². The summed E-state index contributed by atoms with van der Waals surface area (Å²) in [5.74, 6) is 1.26. The summed E-state index contributed by atoms with van der Waals surface area (Å²) < 4.78 is 0. The van der Waals surface area contributed by atoms with E-state index in [1.54, 1.807) is 0 Å². The van der Waals surface area contributed by atoms with Crippen molar-refractivity contribution in [2.45, 2.75) is 37.7 Å². The molecule has 1 saturated heterocycles. The Kier molecular flexibility index (Phi) is 2.19. The van der Waals surface area contributed by atoms with Crippen LogP contribution in [-0.4, -0.2) is 28.8 Å². The molecule has 0 unspecified atom stereocenters. The number of fused-ring (bicyclic) bond motifs is 1. The van der Waals surface area contributed by atoms with Gasteiger partial charge < -0.3 is 10.0 Å². The van der Waals surface area contributed by atoms with Crippen LogP contribution >= 0.6 is 0 Å². The lowest BCUT2D eigenvalue weighted by Gasteiger charge is -2.48. The molecule has 1 N–H and O–H groups in total. The summed E-state index contributed by atoms with van der Waals surface area (Å²) in [7, 11) is 0. The first-order valence-electron chi connectivity index (χ1n) is 7.10. The average Bonchev–Trinajstić information content (AvgIpc) is 3.13. The summed E-state index contributed by atoms with van der Waals surface area (Å²) in [5, 5.41) is 19.7. The second-order valence-electron chi connectivity index (χ2n) is 6.16. The van der Waals surface area contributed by atoms with Crippen LogP contribution < -0.4 is 4.90 Å². The van der Waals surface area contributed by atoms with E-state index in [1.807, 2.05) is 6.07 Å². The first kappa shape index (κ1) is 11.2. The van der Waals surface area contributed by atoms with Crippen LogP contribution in [0.15, 0.2) is 6.07 Å². The van der Waals surface area contributed by atoms with Gasteiger partial charge in [0.2, 0.25) is 0 Å². The van der Waals surface area contributed by atoms with E-state index in [0.29, 0.717) is 24.6 Å². The molecular weight excluding hydrogens is 238 g/mol. The first-order chi connectivity index (χ1) is 9.19. The van der Waals surface area contributed by atoms with Crippen molar-refractivity contribution in [1.29, 1.82) is 5.26 Å². The molecule has 4 heteroatoms. The van der Waals surface area contributed by atoms with Crippen LogP contribution in [0.3, 0.4) is 0 Å². The number of β-amino-alcohol motifs (C(OH)–C–C–N with tert-alkyl or cyclic N) is 1. The molecule has 19 heavy (non-hydrogen) atoms. The van der Waals surface area contributed by atoms with Crippen molar-refractivity contribution < 1.29 is 5.11 Å². The molecule has 1 saturated carbocycles. The summed E-state index contributed by atoms with van der Waals surface area (Å²) >= 11 is 0. The number of aryl methyl sites for hydroxylation is 2. The minimum atomic E-state index is -0.520. The van der Waals surface area contributed by atoms with Gasteiger partial charge in [0.05, 0.1) is 18.7 Å². The molecule has 4 rings (SSSR count). The third kappa shape index (κ3) is 1.65. The number of nitriles is 1. The highest BCUT2D eigenvalue weighted by Crippen LogP contribution is 2.46. The van der Waals surface area contributed by atoms with Gasteiger partial charge in [-0.1, -0.05) is 0 Å². The lowest BCUT2D eigenvalue weighted by atomic mass is 9.88. The number of pyridine rings is 1. The summed E-state index contributed by atoms with van der Waals surface area (Å²) in [6.07, 6.45) is 5.50. The van der Waals surface area contributed by atoms with Crippen LogP contribution in [-0.2, 0) is 12.8 Å². The third-order valence-electron chi connectivity index (χ3n) is 4.72. The van der Waals surface area contributed by atoms with Crippen molar-refractivity contribution in [1.82, 2.24) is 4.98 Å². The number of rotatable bonds is 2. The van der Waals surface area contributed by atoms with Gasteiger partial charge in [0, 0.05) is 5.69 Å². The number of anilines is 1. The molecule has 98 valence electrons. The van der Waals surface area contributed by atoms with Crippen molar-refractivity contribution in [3.05, 3.63) is 22.9 Å². The molecule has 0 radical (unpaired) electrons. The molecule has 1 aliphatic heterocycles. The minimum Gasteiger partial charge on any atom is -0.386 e. The zero-order valence-electron chi connectivity index (χ0n) is 10.9. The fourth-order valence-corrected chi connectivity index (χ4v) is 3.43. The van der Waals surface area contributed by atoms with Gasteiger partial charge in [-0.2, -0.15) is 5.26 Å². The zero-order chi connectivity index (χ0) is 13.0. The molecule has 0 amide bonds. The Hall–Kier alpha value is -1.60. The van der Waals surface area contributed by atoms with Crippen molar-refractivity contribution in [2.75, 3.05) is 18.0 Å². The fraction of sp³-hybridized carbons (Fsp3) is 0.600. The van der Waals surface area contributed by atoms with Gasteiger partial charge in [-0.05, 0) is 49.7 Å². The van der Waals surface area contributed by atoms with Crippen molar-refractivity contribution in [2.24, 2.45) is 5.92 Å². The van der Waals surface area contributed by atoms with Gasteiger partial charge >= 0.3 is 0 Å². The highest BCUT2D eigenvalue weighted by Gasteiger charge is 2.52. The monoisotopic (exact) mass is 255 g/mol. The number of hydrogen-bond donors (Lipinski definition) is 1. The predicted octanol–water partition coefficient (Wildman–Crippen LogP) is 1.40. The lowest BCUT2D eigenvalue weighted by Crippen LogP contribution is -2.63. The second kappa shape index (κ2) is 3.71. The average molecular weight is 255 g/mol. The van der Waals surface area contributed by atoms with Gasteiger partial charge in [-0.3, -0.25) is 0 Å². The molecule has 0 aromatic carbocycles. The van der Waals surface area contributed by atoms with Crippen molar-refractivity contribution in [3.8, 4) is 6.07 Å². The van der Waals surface area contributed by atoms with E-state index < -0.39 is 5.60 Å². The van der Waals surface area contributed by atoms with Gasteiger partial charge in [-0.25, -0.2) is 4.98 Å². The van der Waals surface area contributed by atoms with E-state index in [2.05, 4.69) is 16.0 Å². The van der Waals surface area contributed by atoms with E-state index in [-0.39, 0.29) is 0 Å². The second-order valence-corrected chi connectivity index (χ2v) is 6.16. The molecule has 4 nitrogen and oxygen atoms in total. The molecule has 0 bridgehead atoms. The number of aliphatic hydroxyl groups is 1. The van der Waals surface area contributed by atoms with E-state index in [0.717, 1.165) is 43.6 Å². The minimum absolute atomic E-state index is 0.476. The zero-order valence-corrected chi connectivity index (χ0v) is 10.9. The molecule has 3 aliphatic rings. The van der Waals surface area contributed by atoms with E-state index in [9.17, 15) is 10.4 Å². The largest absolute Gasteiger partial charge is 0.386 e. The van der Waals surface area contributed by atoms with Crippen LogP contribution in [0.2, 0.25) is 0 Å². The SMILES string of the molecule is N#Cc1cc2c(nc1N1CC(O)(C3CC3)C1)CCC2. The van der Waals surface area contributed by atoms with Gasteiger partial charge in [-0.15, -0.1) is 0 Å². The molecule has 1 aromatic rings. The summed E-state index contributed by atoms with van der Waals surface area (Å²) in [6.45, 7) is 1.27. The number of hydrogen-bond acceptors (Lipinski definition) is 4. The molecule has 1 aromatic heterocycles. The fourth-order valence-electron chi connectivity index (χ4n) is 3.43. The molecule has 2 aliphatic carbocycles. The third-order valence-corrected chi connectivity index (χ3v) is 4.72. The Labute approximate surface area is 112 Å². The quantitative estimate of drug-likeness (QED) is 0.868. The molecule has 0 spiro atoms. The van der Waals surface area contributed by atoms with E-state index >= 15 is 0 Å². The Morgan fingerprint density at radius 3 is 2.84 bits per heavy atom. The standard InChI is InChI=1S/C15H17N3O/c16-7-11-6-10-2-1-3-13(10)17-14(11)18-8-15(19,9-18)12-4-5-12/h6,12,19H,1-5,8-9H2. The van der Waals surface area contributed by atoms with Crippen LogP contribution in [0.4, 0.5) is 5.82 Å². The maximum Gasteiger partial charge on any atom is 0.147 e. The predicted molar refractivity (Wildman–Crippen MR) is 70.9 cm³/mol. The van der Waals surface area contributed by atoms with Crippen LogP contribution in [0.5, 0.6) is 0 Å². The summed E-state index contributed by atoms with van der Waals surface area (Å²) in [6, 6.07) is 4.26. The lowest BCUT2D eigenvalue weighted by molar-refractivity contribution is -0.00978. The Morgan fingerprint density at radius 1 is 1.37 bits per heavy atom. The molecule has 2 fully saturated rings. The highest BCUT2D eigenvalue weighted by atomic mass is 16.3. The summed E-state index contributed by atoms with van der Waals surface area (Å²) in [5.41, 5.74) is 2.53. The maximum atomic E-state index is 10.4. The Balaban J connectivity index is 1.63. The van der Waals surface area contributed by atoms with Crippen molar-refractivity contribution >= 4 is 5.82 Å². The van der Waals surface area contributed by atoms with E-state index in [1.165, 1.54) is 5.56 Å². The smallest absolute Gasteiger partial charge is 0.147 e. The molecule has 0 atom stereocenters. The Morgan fingerprint density at radius 2 is 2.16 bits per heavy atom. The highest BCUT2D eigenvalue weighted by molar-refractivity contribution is 5.59. The first-order valence-corrected chi connectivity index (χ1v) is 7.10. The summed E-state index contributed by atoms with van der Waals surface area (Å²) in [4.78, 5) is 6.75.